The molecule has 0 aromatic rings. The van der Waals surface area contributed by atoms with E-state index in [1.54, 1.807) is 0 Å². The van der Waals surface area contributed by atoms with Crippen LogP contribution in [0.1, 0.15) is 26.7 Å². The van der Waals surface area contributed by atoms with Crippen LogP contribution in [0.25, 0.3) is 0 Å². The van der Waals surface area contributed by atoms with E-state index in [-0.39, 0.29) is 11.3 Å². The van der Waals surface area contributed by atoms with Crippen LogP contribution in [0.15, 0.2) is 0 Å². The van der Waals surface area contributed by atoms with Gasteiger partial charge in [-0.2, -0.15) is 0 Å². The van der Waals surface area contributed by atoms with Crippen LogP contribution in [0.2, 0.25) is 0 Å². The number of rotatable bonds is 2. The zero-order valence-corrected chi connectivity index (χ0v) is 8.89. The second-order valence-corrected chi connectivity index (χ2v) is 4.45. The molecule has 0 radical (unpaired) electrons. The van der Waals surface area contributed by atoms with E-state index in [9.17, 15) is 4.79 Å². The van der Waals surface area contributed by atoms with Gasteiger partial charge in [0.15, 0.2) is 0 Å². The third kappa shape index (κ3) is 2.74. The van der Waals surface area contributed by atoms with Gasteiger partial charge in [-0.1, -0.05) is 13.8 Å². The summed E-state index contributed by atoms with van der Waals surface area (Å²) in [5.41, 5.74) is 0.236. The van der Waals surface area contributed by atoms with E-state index in [1.165, 1.54) is 12.8 Å². The predicted octanol–water partition coefficient (Wildman–Crippen LogP) is 0.514. The van der Waals surface area contributed by atoms with Crippen molar-refractivity contribution in [3.8, 4) is 12.3 Å². The fraction of sp³-hybridized carbons (Fsp3) is 0.727. The van der Waals surface area contributed by atoms with Crippen molar-refractivity contribution in [2.75, 3.05) is 13.1 Å². The van der Waals surface area contributed by atoms with E-state index in [1.807, 2.05) is 0 Å². The first-order valence-electron chi connectivity index (χ1n) is 5.04. The van der Waals surface area contributed by atoms with Crippen molar-refractivity contribution in [1.82, 2.24) is 10.6 Å². The number of hydrogen-bond donors (Lipinski definition) is 2. The van der Waals surface area contributed by atoms with Gasteiger partial charge in [0, 0.05) is 12.6 Å². The minimum Gasteiger partial charge on any atom is -0.344 e. The molecule has 0 spiro atoms. The molecule has 1 unspecified atom stereocenters. The molecule has 0 aliphatic carbocycles. The summed E-state index contributed by atoms with van der Waals surface area (Å²) >= 11 is 0. The van der Waals surface area contributed by atoms with Crippen LogP contribution in [0.5, 0.6) is 0 Å². The van der Waals surface area contributed by atoms with Crippen molar-refractivity contribution >= 4 is 5.91 Å². The maximum atomic E-state index is 10.9. The van der Waals surface area contributed by atoms with Gasteiger partial charge in [0.2, 0.25) is 0 Å². The van der Waals surface area contributed by atoms with Gasteiger partial charge >= 0.3 is 0 Å². The average Bonchev–Trinajstić information content (AvgIpc) is 2.15. The Kier molecular flexibility index (Phi) is 3.54. The minimum atomic E-state index is -0.326. The summed E-state index contributed by atoms with van der Waals surface area (Å²) in [6.45, 7) is 6.08. The van der Waals surface area contributed by atoms with Gasteiger partial charge in [-0.25, -0.2) is 0 Å². The lowest BCUT2D eigenvalue weighted by Crippen LogP contribution is -2.52. The molecule has 1 aliphatic heterocycles. The number of amides is 1. The Labute approximate surface area is 85.6 Å². The molecule has 78 valence electrons. The highest BCUT2D eigenvalue weighted by Crippen LogP contribution is 2.29. The maximum absolute atomic E-state index is 10.9. The molecule has 0 aromatic carbocycles. The normalized spacial score (nSPS) is 25.1. The summed E-state index contributed by atoms with van der Waals surface area (Å²) in [4.78, 5) is 10.9. The summed E-state index contributed by atoms with van der Waals surface area (Å²) in [7, 11) is 0. The molecule has 1 saturated heterocycles. The van der Waals surface area contributed by atoms with Crippen LogP contribution < -0.4 is 10.6 Å². The van der Waals surface area contributed by atoms with Crippen molar-refractivity contribution in [3.05, 3.63) is 0 Å². The monoisotopic (exact) mass is 194 g/mol. The van der Waals surface area contributed by atoms with Crippen molar-refractivity contribution in [2.24, 2.45) is 5.41 Å². The predicted molar refractivity (Wildman–Crippen MR) is 56.6 cm³/mol. The third-order valence-corrected chi connectivity index (χ3v) is 2.93. The summed E-state index contributed by atoms with van der Waals surface area (Å²) in [5.74, 6) is 1.73. The highest BCUT2D eigenvalue weighted by atomic mass is 16.1. The number of nitrogens with one attached hydrogen (secondary N) is 2. The molecule has 2 N–H and O–H groups in total. The van der Waals surface area contributed by atoms with Crippen LogP contribution >= 0.6 is 0 Å². The molecule has 14 heavy (non-hydrogen) atoms. The molecule has 1 aliphatic rings. The zero-order valence-electron chi connectivity index (χ0n) is 8.89. The fourth-order valence-electron chi connectivity index (χ4n) is 1.87. The zero-order chi connectivity index (χ0) is 10.6. The molecule has 0 aromatic heterocycles. The van der Waals surface area contributed by atoms with Crippen LogP contribution in [-0.4, -0.2) is 25.0 Å². The van der Waals surface area contributed by atoms with Crippen molar-refractivity contribution in [3.63, 3.8) is 0 Å². The van der Waals surface area contributed by atoms with Gasteiger partial charge in [-0.05, 0) is 30.7 Å². The van der Waals surface area contributed by atoms with Gasteiger partial charge in [-0.15, -0.1) is 6.42 Å². The first kappa shape index (κ1) is 11.1. The van der Waals surface area contributed by atoms with Gasteiger partial charge in [0.1, 0.15) is 0 Å². The number of carbonyl (C=O) groups excluding carboxylic acids is 1. The minimum absolute atomic E-state index is 0.236. The van der Waals surface area contributed by atoms with Crippen LogP contribution in [-0.2, 0) is 4.79 Å². The molecule has 1 fully saturated rings. The number of hydrogen-bond acceptors (Lipinski definition) is 2. The van der Waals surface area contributed by atoms with Crippen molar-refractivity contribution < 1.29 is 4.79 Å². The van der Waals surface area contributed by atoms with E-state index < -0.39 is 0 Å². The maximum Gasteiger partial charge on any atom is 0.295 e. The summed E-state index contributed by atoms with van der Waals surface area (Å²) in [5, 5.41) is 6.13. The summed E-state index contributed by atoms with van der Waals surface area (Å²) in [6, 6.07) is 0.327. The quantitative estimate of drug-likeness (QED) is 0.629. The van der Waals surface area contributed by atoms with Crippen molar-refractivity contribution in [1.29, 1.82) is 0 Å². The van der Waals surface area contributed by atoms with Gasteiger partial charge in [0.05, 0.1) is 0 Å². The second kappa shape index (κ2) is 4.47. The lowest BCUT2D eigenvalue weighted by molar-refractivity contribution is -0.115. The number of piperidine rings is 1. The number of carbonyl (C=O) groups is 1. The van der Waals surface area contributed by atoms with E-state index >= 15 is 0 Å². The molecule has 1 atom stereocenters. The molecule has 1 heterocycles. The van der Waals surface area contributed by atoms with Crippen LogP contribution in [0.4, 0.5) is 0 Å². The van der Waals surface area contributed by atoms with Crippen LogP contribution in [0, 0.1) is 17.8 Å². The highest BCUT2D eigenvalue weighted by molar-refractivity contribution is 5.92. The Bertz CT molecular complexity index is 253. The lowest BCUT2D eigenvalue weighted by atomic mass is 9.77. The van der Waals surface area contributed by atoms with Gasteiger partial charge < -0.3 is 10.6 Å². The van der Waals surface area contributed by atoms with E-state index in [2.05, 4.69) is 30.4 Å². The largest absolute Gasteiger partial charge is 0.344 e. The van der Waals surface area contributed by atoms with E-state index in [0.717, 1.165) is 6.54 Å². The number of terminal acetylenes is 1. The topological polar surface area (TPSA) is 41.1 Å². The molecule has 0 bridgehead atoms. The lowest BCUT2D eigenvalue weighted by Gasteiger charge is -2.39. The van der Waals surface area contributed by atoms with Crippen LogP contribution in [0.3, 0.4) is 0 Å². The molecule has 1 amide bonds. The Hall–Kier alpha value is -1.01. The van der Waals surface area contributed by atoms with E-state index in [4.69, 9.17) is 6.42 Å². The fourth-order valence-corrected chi connectivity index (χ4v) is 1.87. The molecule has 3 heteroatoms. The molecule has 0 saturated carbocycles. The Morgan fingerprint density at radius 2 is 2.43 bits per heavy atom. The average molecular weight is 194 g/mol. The standard InChI is InChI=1S/C11H18N2O/c1-4-10(14)13-8-9-11(2,3)6-5-7-12-9/h1,9,12H,5-8H2,2-3H3,(H,13,14). The van der Waals surface area contributed by atoms with Crippen molar-refractivity contribution in [2.45, 2.75) is 32.7 Å². The molecule has 1 rings (SSSR count). The summed E-state index contributed by atoms with van der Waals surface area (Å²) < 4.78 is 0. The first-order chi connectivity index (χ1) is 6.56. The molecule has 3 nitrogen and oxygen atoms in total. The second-order valence-electron chi connectivity index (χ2n) is 4.45. The summed E-state index contributed by atoms with van der Waals surface area (Å²) in [6.07, 6.45) is 7.36. The SMILES string of the molecule is C#CC(=O)NCC1NCCCC1(C)C. The molecular weight excluding hydrogens is 176 g/mol. The third-order valence-electron chi connectivity index (χ3n) is 2.93. The Balaban J connectivity index is 2.43. The first-order valence-corrected chi connectivity index (χ1v) is 5.04. The van der Waals surface area contributed by atoms with E-state index in [0.29, 0.717) is 12.6 Å². The van der Waals surface area contributed by atoms with Gasteiger partial charge in [-0.3, -0.25) is 4.79 Å². The highest BCUT2D eigenvalue weighted by Gasteiger charge is 2.31. The molecular formula is C11H18N2O. The Morgan fingerprint density at radius 3 is 3.00 bits per heavy atom. The smallest absolute Gasteiger partial charge is 0.295 e. The van der Waals surface area contributed by atoms with Gasteiger partial charge in [0.25, 0.3) is 5.91 Å². The Morgan fingerprint density at radius 1 is 1.71 bits per heavy atom.